The molecule has 3 rings (SSSR count). The van der Waals surface area contributed by atoms with E-state index < -0.39 is 9.84 Å². The second-order valence-electron chi connectivity index (χ2n) is 7.65. The monoisotopic (exact) mass is 398 g/mol. The van der Waals surface area contributed by atoms with Crippen molar-refractivity contribution in [3.05, 3.63) is 35.6 Å². The number of halogens is 1. The van der Waals surface area contributed by atoms with E-state index in [0.717, 1.165) is 18.4 Å². The Kier molecular flexibility index (Phi) is 6.18. The van der Waals surface area contributed by atoms with Gasteiger partial charge in [0.1, 0.15) is 5.82 Å². The zero-order valence-electron chi connectivity index (χ0n) is 15.6. The largest absolute Gasteiger partial charge is 0.381 e. The first kappa shape index (κ1) is 20.2. The molecule has 1 aromatic rings. The van der Waals surface area contributed by atoms with Crippen molar-refractivity contribution in [2.24, 2.45) is 0 Å². The summed E-state index contributed by atoms with van der Waals surface area (Å²) in [6, 6.07) is 6.35. The van der Waals surface area contributed by atoms with Crippen molar-refractivity contribution in [3.63, 3.8) is 0 Å². The number of benzene rings is 1. The van der Waals surface area contributed by atoms with Gasteiger partial charge in [0.2, 0.25) is 5.91 Å². The van der Waals surface area contributed by atoms with Crippen molar-refractivity contribution in [1.29, 1.82) is 0 Å². The maximum atomic E-state index is 13.3. The fourth-order valence-electron chi connectivity index (χ4n) is 3.94. The van der Waals surface area contributed by atoms with Crippen molar-refractivity contribution in [1.82, 2.24) is 10.2 Å². The molecule has 0 spiro atoms. The lowest BCUT2D eigenvalue weighted by Gasteiger charge is -2.38. The molecule has 2 aliphatic heterocycles. The lowest BCUT2D eigenvalue weighted by Crippen LogP contribution is -2.48. The number of amides is 1. The van der Waals surface area contributed by atoms with E-state index in [1.165, 1.54) is 12.1 Å². The number of ether oxygens (including phenoxy) is 1. The molecule has 1 unspecified atom stereocenters. The topological polar surface area (TPSA) is 75.7 Å². The number of nitrogens with one attached hydrogen (secondary N) is 1. The summed E-state index contributed by atoms with van der Waals surface area (Å²) in [5, 5.41) is 3.00. The molecule has 27 heavy (non-hydrogen) atoms. The predicted molar refractivity (Wildman–Crippen MR) is 101 cm³/mol. The number of carbonyl (C=O) groups is 1. The highest BCUT2D eigenvalue weighted by molar-refractivity contribution is 7.91. The van der Waals surface area contributed by atoms with E-state index in [-0.39, 0.29) is 41.2 Å². The van der Waals surface area contributed by atoms with Crippen LogP contribution in [0.3, 0.4) is 0 Å². The normalized spacial score (nSPS) is 24.0. The van der Waals surface area contributed by atoms with Gasteiger partial charge in [-0.25, -0.2) is 12.8 Å². The smallest absolute Gasteiger partial charge is 0.234 e. The van der Waals surface area contributed by atoms with Gasteiger partial charge in [0.15, 0.2) is 9.84 Å². The molecule has 0 aromatic heterocycles. The van der Waals surface area contributed by atoms with Gasteiger partial charge in [-0.1, -0.05) is 12.1 Å². The summed E-state index contributed by atoms with van der Waals surface area (Å²) in [5.74, 6) is -0.0989. The lowest BCUT2D eigenvalue weighted by atomic mass is 9.74. The van der Waals surface area contributed by atoms with E-state index >= 15 is 0 Å². The highest BCUT2D eigenvalue weighted by atomic mass is 32.2. The standard InChI is InChI=1S/C19H27FN2O4S/c1-22(17-6-11-27(24,25)13-17)12-18(23)21-14-19(7-9-26-10-8-19)15-2-4-16(20)5-3-15/h2-5,17H,6-14H2,1H3,(H,21,23). The van der Waals surface area contributed by atoms with Gasteiger partial charge in [-0.3, -0.25) is 9.69 Å². The summed E-state index contributed by atoms with van der Waals surface area (Å²) in [5.41, 5.74) is 0.736. The Bertz CT molecular complexity index is 760. The number of rotatable bonds is 6. The van der Waals surface area contributed by atoms with Crippen LogP contribution in [0.25, 0.3) is 0 Å². The first-order chi connectivity index (χ1) is 12.8. The number of nitrogens with zero attached hydrogens (tertiary/aromatic N) is 1. The van der Waals surface area contributed by atoms with Crippen molar-refractivity contribution >= 4 is 15.7 Å². The molecule has 0 bridgehead atoms. The minimum atomic E-state index is -2.97. The molecule has 0 saturated carbocycles. The summed E-state index contributed by atoms with van der Waals surface area (Å²) in [6.07, 6.45) is 2.09. The highest BCUT2D eigenvalue weighted by Crippen LogP contribution is 2.34. The second kappa shape index (κ2) is 8.24. The zero-order chi connectivity index (χ0) is 19.5. The van der Waals surface area contributed by atoms with E-state index in [2.05, 4.69) is 5.32 Å². The minimum Gasteiger partial charge on any atom is -0.381 e. The third-order valence-corrected chi connectivity index (χ3v) is 7.51. The molecule has 0 radical (unpaired) electrons. The Morgan fingerprint density at radius 2 is 1.96 bits per heavy atom. The summed E-state index contributed by atoms with van der Waals surface area (Å²) >= 11 is 0. The number of sulfone groups is 1. The molecule has 2 saturated heterocycles. The van der Waals surface area contributed by atoms with Crippen molar-refractivity contribution in [2.45, 2.75) is 30.7 Å². The molecule has 150 valence electrons. The number of carbonyl (C=O) groups excluding carboxylic acids is 1. The molecule has 1 N–H and O–H groups in total. The third kappa shape index (κ3) is 5.06. The summed E-state index contributed by atoms with van der Waals surface area (Å²) in [4.78, 5) is 14.3. The van der Waals surface area contributed by atoms with Gasteiger partial charge in [-0.05, 0) is 44.0 Å². The maximum Gasteiger partial charge on any atom is 0.234 e. The van der Waals surface area contributed by atoms with Crippen LogP contribution in [0.5, 0.6) is 0 Å². The molecular formula is C19H27FN2O4S. The summed E-state index contributed by atoms with van der Waals surface area (Å²) in [6.45, 7) is 1.83. The Hall–Kier alpha value is -1.51. The molecule has 2 fully saturated rings. The fourth-order valence-corrected chi connectivity index (χ4v) is 5.74. The van der Waals surface area contributed by atoms with Crippen LogP contribution in [0.4, 0.5) is 4.39 Å². The predicted octanol–water partition coefficient (Wildman–Crippen LogP) is 1.11. The van der Waals surface area contributed by atoms with Crippen LogP contribution < -0.4 is 5.32 Å². The van der Waals surface area contributed by atoms with Crippen LogP contribution >= 0.6 is 0 Å². The minimum absolute atomic E-state index is 0.102. The van der Waals surface area contributed by atoms with Crippen molar-refractivity contribution in [3.8, 4) is 0 Å². The summed E-state index contributed by atoms with van der Waals surface area (Å²) in [7, 11) is -1.19. The van der Waals surface area contributed by atoms with Crippen LogP contribution in [-0.2, 0) is 24.8 Å². The quantitative estimate of drug-likeness (QED) is 0.777. The first-order valence-electron chi connectivity index (χ1n) is 9.31. The van der Waals surface area contributed by atoms with Crippen molar-refractivity contribution < 1.29 is 22.3 Å². The summed E-state index contributed by atoms with van der Waals surface area (Å²) < 4.78 is 42.0. The molecule has 1 aromatic carbocycles. The SMILES string of the molecule is CN(CC(=O)NCC1(c2ccc(F)cc2)CCOCC1)C1CCS(=O)(=O)C1. The molecule has 2 aliphatic rings. The van der Waals surface area contributed by atoms with Gasteiger partial charge in [-0.2, -0.15) is 0 Å². The molecule has 8 heteroatoms. The van der Waals surface area contributed by atoms with Crippen LogP contribution in [0.1, 0.15) is 24.8 Å². The molecular weight excluding hydrogens is 371 g/mol. The average Bonchev–Trinajstić information content (AvgIpc) is 3.01. The Morgan fingerprint density at radius 3 is 2.56 bits per heavy atom. The third-order valence-electron chi connectivity index (χ3n) is 5.76. The molecule has 0 aliphatic carbocycles. The molecule has 6 nitrogen and oxygen atoms in total. The van der Waals surface area contributed by atoms with E-state index in [0.29, 0.717) is 26.2 Å². The number of hydrogen-bond donors (Lipinski definition) is 1. The molecule has 1 atom stereocenters. The zero-order valence-corrected chi connectivity index (χ0v) is 16.4. The van der Waals surface area contributed by atoms with Gasteiger partial charge in [-0.15, -0.1) is 0 Å². The van der Waals surface area contributed by atoms with E-state index in [1.54, 1.807) is 19.2 Å². The van der Waals surface area contributed by atoms with E-state index in [4.69, 9.17) is 4.74 Å². The maximum absolute atomic E-state index is 13.3. The number of likely N-dealkylation sites (N-methyl/N-ethyl adjacent to an activating group) is 1. The van der Waals surface area contributed by atoms with Gasteiger partial charge in [0, 0.05) is 31.2 Å². The second-order valence-corrected chi connectivity index (χ2v) is 9.88. The van der Waals surface area contributed by atoms with Crippen LogP contribution in [-0.4, -0.2) is 70.1 Å². The molecule has 2 heterocycles. The van der Waals surface area contributed by atoms with Gasteiger partial charge >= 0.3 is 0 Å². The van der Waals surface area contributed by atoms with Gasteiger partial charge in [0.25, 0.3) is 0 Å². The Morgan fingerprint density at radius 1 is 1.30 bits per heavy atom. The van der Waals surface area contributed by atoms with Gasteiger partial charge < -0.3 is 10.1 Å². The number of hydrogen-bond acceptors (Lipinski definition) is 5. The van der Waals surface area contributed by atoms with Crippen molar-refractivity contribution in [2.75, 3.05) is 44.9 Å². The highest BCUT2D eigenvalue weighted by Gasteiger charge is 2.35. The first-order valence-corrected chi connectivity index (χ1v) is 11.1. The lowest BCUT2D eigenvalue weighted by molar-refractivity contribution is -0.122. The van der Waals surface area contributed by atoms with Crippen LogP contribution in [0.2, 0.25) is 0 Å². The average molecular weight is 399 g/mol. The van der Waals surface area contributed by atoms with E-state index in [1.807, 2.05) is 4.90 Å². The van der Waals surface area contributed by atoms with Crippen LogP contribution in [0.15, 0.2) is 24.3 Å². The molecule has 1 amide bonds. The fraction of sp³-hybridized carbons (Fsp3) is 0.632. The Labute approximate surface area is 160 Å². The van der Waals surface area contributed by atoms with Crippen LogP contribution in [0, 0.1) is 5.82 Å². The van der Waals surface area contributed by atoms with E-state index in [9.17, 15) is 17.6 Å². The Balaban J connectivity index is 1.60. The van der Waals surface area contributed by atoms with Gasteiger partial charge in [0.05, 0.1) is 18.1 Å².